The number of methoxy groups -OCH3 is 1. The number of aliphatic hydroxyl groups is 1. The van der Waals surface area contributed by atoms with E-state index in [1.807, 2.05) is 0 Å². The Morgan fingerprint density at radius 2 is 1.84 bits per heavy atom. The molecule has 1 atom stereocenters. The Hall–Kier alpha value is -3.11. The fraction of sp³-hybridized carbons (Fsp3) is 0.350. The Morgan fingerprint density at radius 1 is 1.13 bits per heavy atom. The first kappa shape index (κ1) is 24.2. The number of aromatic nitrogens is 1. The maximum Gasteiger partial charge on any atom is 0.258 e. The molecule has 11 heteroatoms. The molecule has 0 aliphatic rings. The number of halogens is 2. The summed E-state index contributed by atoms with van der Waals surface area (Å²) in [7, 11) is 1.52. The summed E-state index contributed by atoms with van der Waals surface area (Å²) in [4.78, 5) is 27.5. The van der Waals surface area contributed by atoms with Crippen LogP contribution in [0.2, 0.25) is 5.02 Å². The molecule has 3 N–H and O–H groups in total. The predicted octanol–water partition coefficient (Wildman–Crippen LogP) is 1.32. The van der Waals surface area contributed by atoms with E-state index in [1.165, 1.54) is 25.4 Å². The van der Waals surface area contributed by atoms with Crippen LogP contribution in [0, 0.1) is 5.82 Å². The highest BCUT2D eigenvalue weighted by atomic mass is 35.5. The number of aliphatic hydroxyl groups excluding tert-OH is 1. The van der Waals surface area contributed by atoms with Crippen molar-refractivity contribution in [1.29, 1.82) is 0 Å². The molecule has 168 valence electrons. The number of amides is 2. The van der Waals surface area contributed by atoms with Gasteiger partial charge in [0.15, 0.2) is 13.2 Å². The summed E-state index contributed by atoms with van der Waals surface area (Å²) in [5.74, 6) is -0.503. The molecule has 0 saturated heterocycles. The Morgan fingerprint density at radius 3 is 2.52 bits per heavy atom. The highest BCUT2D eigenvalue weighted by Gasteiger charge is 2.10. The molecule has 1 heterocycles. The topological polar surface area (TPSA) is 119 Å². The molecule has 31 heavy (non-hydrogen) atoms. The van der Waals surface area contributed by atoms with Gasteiger partial charge in [-0.05, 0) is 24.6 Å². The monoisotopic (exact) mass is 455 g/mol. The summed E-state index contributed by atoms with van der Waals surface area (Å²) in [6, 6.07) is 7.06. The molecule has 2 amide bonds. The molecule has 0 aliphatic heterocycles. The van der Waals surface area contributed by atoms with Crippen molar-refractivity contribution < 1.29 is 33.3 Å². The summed E-state index contributed by atoms with van der Waals surface area (Å²) in [6.07, 6.45) is 0.814. The summed E-state index contributed by atoms with van der Waals surface area (Å²) in [5.41, 5.74) is 0. The summed E-state index contributed by atoms with van der Waals surface area (Å²) in [6.45, 7) is -0.412. The van der Waals surface area contributed by atoms with Crippen molar-refractivity contribution in [3.8, 4) is 17.4 Å². The third-order valence-corrected chi connectivity index (χ3v) is 4.20. The fourth-order valence-corrected chi connectivity index (χ4v) is 2.36. The lowest BCUT2D eigenvalue weighted by atomic mass is 10.2. The zero-order chi connectivity index (χ0) is 22.6. The largest absolute Gasteiger partial charge is 0.495 e. The smallest absolute Gasteiger partial charge is 0.258 e. The second-order valence-electron chi connectivity index (χ2n) is 6.29. The molecule has 0 fully saturated rings. The molecule has 9 nitrogen and oxygen atoms in total. The standard InChI is InChI=1S/C20H23ClFN3O6/c1-29-15-3-5-20(25-10-15)31-12-18(27)23-7-6-13(26)9-24-19(28)11-30-14-2-4-16(21)17(22)8-14/h2-5,8,10,13,26H,6-7,9,11-12H2,1H3,(H,23,27)(H,24,28)/t13-/m0/s1. The van der Waals surface area contributed by atoms with Crippen LogP contribution in [0.5, 0.6) is 17.4 Å². The van der Waals surface area contributed by atoms with Gasteiger partial charge in [-0.2, -0.15) is 0 Å². The lowest BCUT2D eigenvalue weighted by molar-refractivity contribution is -0.124. The van der Waals surface area contributed by atoms with E-state index < -0.39 is 17.8 Å². The first-order chi connectivity index (χ1) is 14.9. The predicted molar refractivity (Wildman–Crippen MR) is 110 cm³/mol. The number of nitrogens with one attached hydrogen (secondary N) is 2. The third-order valence-electron chi connectivity index (χ3n) is 3.89. The van der Waals surface area contributed by atoms with Crippen LogP contribution in [0.1, 0.15) is 6.42 Å². The first-order valence-electron chi connectivity index (χ1n) is 9.29. The van der Waals surface area contributed by atoms with Gasteiger partial charge >= 0.3 is 0 Å². The number of carbonyl (C=O) groups is 2. The van der Waals surface area contributed by atoms with Crippen molar-refractivity contribution in [2.24, 2.45) is 0 Å². The van der Waals surface area contributed by atoms with E-state index in [0.29, 0.717) is 5.75 Å². The van der Waals surface area contributed by atoms with E-state index in [2.05, 4.69) is 15.6 Å². The van der Waals surface area contributed by atoms with Gasteiger partial charge in [0.05, 0.1) is 24.4 Å². The molecule has 1 aromatic carbocycles. The highest BCUT2D eigenvalue weighted by molar-refractivity contribution is 6.30. The lowest BCUT2D eigenvalue weighted by Gasteiger charge is -2.13. The zero-order valence-electron chi connectivity index (χ0n) is 16.8. The van der Waals surface area contributed by atoms with Gasteiger partial charge in [0.2, 0.25) is 5.88 Å². The molecule has 0 saturated carbocycles. The van der Waals surface area contributed by atoms with E-state index in [9.17, 15) is 19.1 Å². The van der Waals surface area contributed by atoms with E-state index >= 15 is 0 Å². The van der Waals surface area contributed by atoms with Crippen LogP contribution in [0.15, 0.2) is 36.5 Å². The van der Waals surface area contributed by atoms with Crippen LogP contribution < -0.4 is 24.8 Å². The van der Waals surface area contributed by atoms with Crippen LogP contribution >= 0.6 is 11.6 Å². The second kappa shape index (κ2) is 12.6. The molecule has 2 aromatic rings. The van der Waals surface area contributed by atoms with Crippen molar-refractivity contribution >= 4 is 23.4 Å². The molecule has 0 radical (unpaired) electrons. The van der Waals surface area contributed by atoms with Gasteiger partial charge < -0.3 is 30.0 Å². The van der Waals surface area contributed by atoms with Crippen LogP contribution in [0.3, 0.4) is 0 Å². The maximum absolute atomic E-state index is 13.3. The van der Waals surface area contributed by atoms with E-state index in [4.69, 9.17) is 25.8 Å². The van der Waals surface area contributed by atoms with Crippen molar-refractivity contribution in [2.75, 3.05) is 33.4 Å². The molecule has 0 spiro atoms. The van der Waals surface area contributed by atoms with Crippen molar-refractivity contribution in [1.82, 2.24) is 15.6 Å². The highest BCUT2D eigenvalue weighted by Crippen LogP contribution is 2.20. The fourth-order valence-electron chi connectivity index (χ4n) is 2.24. The lowest BCUT2D eigenvalue weighted by Crippen LogP contribution is -2.37. The molecule has 2 rings (SSSR count). The van der Waals surface area contributed by atoms with Crippen LogP contribution in [0.4, 0.5) is 4.39 Å². The normalized spacial score (nSPS) is 11.4. The molecule has 1 aromatic heterocycles. The Bertz CT molecular complexity index is 868. The number of ether oxygens (including phenoxy) is 3. The van der Waals surface area contributed by atoms with Gasteiger partial charge in [-0.1, -0.05) is 11.6 Å². The quantitative estimate of drug-likeness (QED) is 0.441. The number of pyridine rings is 1. The van der Waals surface area contributed by atoms with E-state index in [-0.39, 0.29) is 55.3 Å². The zero-order valence-corrected chi connectivity index (χ0v) is 17.5. The number of carbonyl (C=O) groups excluding carboxylic acids is 2. The Kier molecular flexibility index (Phi) is 9.79. The Balaban J connectivity index is 1.56. The average molecular weight is 456 g/mol. The third kappa shape index (κ3) is 9.06. The molecule has 0 aliphatic carbocycles. The van der Waals surface area contributed by atoms with Gasteiger partial charge in [-0.3, -0.25) is 9.59 Å². The average Bonchev–Trinajstić information content (AvgIpc) is 2.77. The van der Waals surface area contributed by atoms with Crippen LogP contribution in [-0.2, 0) is 9.59 Å². The summed E-state index contributed by atoms with van der Waals surface area (Å²) < 4.78 is 28.7. The second-order valence-corrected chi connectivity index (χ2v) is 6.69. The number of benzene rings is 1. The minimum absolute atomic E-state index is 0.0285. The molecular weight excluding hydrogens is 433 g/mol. The van der Waals surface area contributed by atoms with Crippen molar-refractivity contribution in [2.45, 2.75) is 12.5 Å². The van der Waals surface area contributed by atoms with Gasteiger partial charge in [0, 0.05) is 25.2 Å². The minimum Gasteiger partial charge on any atom is -0.495 e. The van der Waals surface area contributed by atoms with E-state index in [1.54, 1.807) is 12.1 Å². The number of hydrogen-bond acceptors (Lipinski definition) is 7. The van der Waals surface area contributed by atoms with Gasteiger partial charge in [0.1, 0.15) is 17.3 Å². The van der Waals surface area contributed by atoms with Gasteiger partial charge in [-0.15, -0.1) is 0 Å². The van der Waals surface area contributed by atoms with Crippen LogP contribution in [0.25, 0.3) is 0 Å². The van der Waals surface area contributed by atoms with Gasteiger partial charge in [-0.25, -0.2) is 9.37 Å². The number of rotatable bonds is 12. The molecule has 0 bridgehead atoms. The van der Waals surface area contributed by atoms with Crippen molar-refractivity contribution in [3.05, 3.63) is 47.4 Å². The van der Waals surface area contributed by atoms with Crippen molar-refractivity contribution in [3.63, 3.8) is 0 Å². The maximum atomic E-state index is 13.3. The van der Waals surface area contributed by atoms with Gasteiger partial charge in [0.25, 0.3) is 11.8 Å². The summed E-state index contributed by atoms with van der Waals surface area (Å²) in [5, 5.41) is 14.9. The Labute approximate surface area is 183 Å². The SMILES string of the molecule is COc1ccc(OCC(=O)NCC[C@H](O)CNC(=O)COc2ccc(Cl)c(F)c2)nc1. The summed E-state index contributed by atoms with van der Waals surface area (Å²) >= 11 is 5.57. The van der Waals surface area contributed by atoms with Crippen LogP contribution in [-0.4, -0.2) is 61.4 Å². The molecular formula is C20H23ClFN3O6. The first-order valence-corrected chi connectivity index (χ1v) is 9.67. The van der Waals surface area contributed by atoms with E-state index in [0.717, 1.165) is 6.07 Å². The molecule has 0 unspecified atom stereocenters. The number of nitrogens with zero attached hydrogens (tertiary/aromatic N) is 1. The number of hydrogen-bond donors (Lipinski definition) is 3. The minimum atomic E-state index is -0.874.